The lowest BCUT2D eigenvalue weighted by atomic mass is 9.89. The van der Waals surface area contributed by atoms with Crippen LogP contribution in [-0.2, 0) is 0 Å². The Hall–Kier alpha value is -1.02. The molecule has 1 aromatic rings. The largest absolute Gasteiger partial charge is 0.490 e. The highest BCUT2D eigenvalue weighted by atomic mass is 16.5. The molecule has 1 fully saturated rings. The molecular weight excluding hydrogens is 186 g/mol. The Kier molecular flexibility index (Phi) is 3.27. The Bertz CT molecular complexity index is 318. The van der Waals surface area contributed by atoms with Crippen molar-refractivity contribution < 1.29 is 4.74 Å². The zero-order valence-corrected chi connectivity index (χ0v) is 9.49. The maximum Gasteiger partial charge on any atom is 0.119 e. The first-order chi connectivity index (χ1) is 7.28. The van der Waals surface area contributed by atoms with Crippen LogP contribution in [0.15, 0.2) is 24.3 Å². The van der Waals surface area contributed by atoms with Gasteiger partial charge in [0, 0.05) is 6.04 Å². The van der Waals surface area contributed by atoms with Crippen LogP contribution in [0.25, 0.3) is 0 Å². The average molecular weight is 205 g/mol. The molecule has 0 atom stereocenters. The van der Waals surface area contributed by atoms with E-state index in [2.05, 4.69) is 31.3 Å². The summed E-state index contributed by atoms with van der Waals surface area (Å²) in [7, 11) is 0. The number of hydrogen-bond donors (Lipinski definition) is 1. The summed E-state index contributed by atoms with van der Waals surface area (Å²) in [6.45, 7) is 5.30. The lowest BCUT2D eigenvalue weighted by molar-refractivity contribution is 0.0859. The van der Waals surface area contributed by atoms with Crippen LogP contribution in [0.4, 0.5) is 0 Å². The molecule has 0 aliphatic heterocycles. The van der Waals surface area contributed by atoms with Gasteiger partial charge >= 0.3 is 0 Å². The van der Waals surface area contributed by atoms with Gasteiger partial charge in [-0.3, -0.25) is 0 Å². The summed E-state index contributed by atoms with van der Waals surface area (Å²) in [5.41, 5.74) is 1.26. The molecule has 0 heterocycles. The van der Waals surface area contributed by atoms with Crippen molar-refractivity contribution in [1.29, 1.82) is 0 Å². The van der Waals surface area contributed by atoms with Gasteiger partial charge in [-0.15, -0.1) is 0 Å². The molecular formula is C13H19NO. The van der Waals surface area contributed by atoms with E-state index in [0.717, 1.165) is 25.1 Å². The molecule has 1 N–H and O–H groups in total. The lowest BCUT2D eigenvalue weighted by Crippen LogP contribution is -2.46. The third-order valence-electron chi connectivity index (χ3n) is 2.88. The summed E-state index contributed by atoms with van der Waals surface area (Å²) in [6.07, 6.45) is 2.69. The summed E-state index contributed by atoms with van der Waals surface area (Å²) in [5.74, 6) is 1.01. The van der Waals surface area contributed by atoms with Crippen LogP contribution in [0.3, 0.4) is 0 Å². The van der Waals surface area contributed by atoms with Crippen molar-refractivity contribution in [2.24, 2.45) is 0 Å². The van der Waals surface area contributed by atoms with Crippen molar-refractivity contribution in [2.75, 3.05) is 6.54 Å². The topological polar surface area (TPSA) is 21.3 Å². The molecule has 0 aromatic heterocycles. The van der Waals surface area contributed by atoms with Crippen molar-refractivity contribution >= 4 is 0 Å². The van der Waals surface area contributed by atoms with Crippen LogP contribution in [0.2, 0.25) is 0 Å². The van der Waals surface area contributed by atoms with Crippen LogP contribution in [0.1, 0.15) is 25.3 Å². The molecule has 0 spiro atoms. The molecule has 0 bridgehead atoms. The molecule has 1 saturated carbocycles. The Morgan fingerprint density at radius 2 is 2.20 bits per heavy atom. The van der Waals surface area contributed by atoms with Gasteiger partial charge in [0.2, 0.25) is 0 Å². The van der Waals surface area contributed by atoms with Gasteiger partial charge in [-0.2, -0.15) is 0 Å². The van der Waals surface area contributed by atoms with Crippen molar-refractivity contribution in [3.8, 4) is 5.75 Å². The predicted molar refractivity (Wildman–Crippen MR) is 62.3 cm³/mol. The van der Waals surface area contributed by atoms with E-state index in [1.807, 2.05) is 12.1 Å². The molecule has 0 radical (unpaired) electrons. The van der Waals surface area contributed by atoms with Gasteiger partial charge in [-0.1, -0.05) is 19.1 Å². The maximum atomic E-state index is 5.87. The molecule has 1 aliphatic rings. The standard InChI is InChI=1S/C13H19NO/c1-3-14-11-8-13(9-11)15-12-6-4-5-10(2)7-12/h4-7,11,13-14H,3,8-9H2,1-2H3. The fourth-order valence-electron chi connectivity index (χ4n) is 2.00. The highest BCUT2D eigenvalue weighted by Crippen LogP contribution is 2.26. The molecule has 82 valence electrons. The molecule has 2 rings (SSSR count). The van der Waals surface area contributed by atoms with Crippen LogP contribution in [0.5, 0.6) is 5.75 Å². The quantitative estimate of drug-likeness (QED) is 0.815. The lowest BCUT2D eigenvalue weighted by Gasteiger charge is -2.35. The summed E-state index contributed by atoms with van der Waals surface area (Å²) in [5, 5.41) is 3.43. The van der Waals surface area contributed by atoms with Crippen LogP contribution >= 0.6 is 0 Å². The van der Waals surface area contributed by atoms with Gasteiger partial charge in [0.05, 0.1) is 0 Å². The average Bonchev–Trinajstić information content (AvgIpc) is 2.15. The van der Waals surface area contributed by atoms with Crippen molar-refractivity contribution in [1.82, 2.24) is 5.32 Å². The summed E-state index contributed by atoms with van der Waals surface area (Å²) >= 11 is 0. The minimum Gasteiger partial charge on any atom is -0.490 e. The molecule has 2 nitrogen and oxygen atoms in total. The second-order valence-electron chi connectivity index (χ2n) is 4.28. The van der Waals surface area contributed by atoms with E-state index in [9.17, 15) is 0 Å². The SMILES string of the molecule is CCNC1CC(Oc2cccc(C)c2)C1. The first-order valence-corrected chi connectivity index (χ1v) is 5.74. The molecule has 15 heavy (non-hydrogen) atoms. The molecule has 1 aromatic carbocycles. The zero-order chi connectivity index (χ0) is 10.7. The highest BCUT2D eigenvalue weighted by Gasteiger charge is 2.29. The summed E-state index contributed by atoms with van der Waals surface area (Å²) in [4.78, 5) is 0. The minimum absolute atomic E-state index is 0.413. The van der Waals surface area contributed by atoms with E-state index in [0.29, 0.717) is 12.1 Å². The number of benzene rings is 1. The first kappa shape index (κ1) is 10.5. The second-order valence-corrected chi connectivity index (χ2v) is 4.28. The van der Waals surface area contributed by atoms with Crippen LogP contribution in [0, 0.1) is 6.92 Å². The zero-order valence-electron chi connectivity index (χ0n) is 9.49. The van der Waals surface area contributed by atoms with E-state index in [-0.39, 0.29) is 0 Å². The van der Waals surface area contributed by atoms with Crippen molar-refractivity contribution in [3.63, 3.8) is 0 Å². The normalized spacial score (nSPS) is 24.7. The number of rotatable bonds is 4. The fraction of sp³-hybridized carbons (Fsp3) is 0.538. The third kappa shape index (κ3) is 2.72. The number of aryl methyl sites for hydroxylation is 1. The summed E-state index contributed by atoms with van der Waals surface area (Å²) < 4.78 is 5.87. The van der Waals surface area contributed by atoms with Gasteiger partial charge in [0.15, 0.2) is 0 Å². The van der Waals surface area contributed by atoms with E-state index in [1.54, 1.807) is 0 Å². The summed E-state index contributed by atoms with van der Waals surface area (Å²) in [6, 6.07) is 8.94. The molecule has 2 heteroatoms. The van der Waals surface area contributed by atoms with Crippen molar-refractivity contribution in [3.05, 3.63) is 29.8 Å². The van der Waals surface area contributed by atoms with Gasteiger partial charge in [0.1, 0.15) is 11.9 Å². The maximum absolute atomic E-state index is 5.87. The van der Waals surface area contributed by atoms with E-state index < -0.39 is 0 Å². The van der Waals surface area contributed by atoms with Gasteiger partial charge in [-0.25, -0.2) is 0 Å². The molecule has 0 unspecified atom stereocenters. The first-order valence-electron chi connectivity index (χ1n) is 5.74. The van der Waals surface area contributed by atoms with Gasteiger partial charge < -0.3 is 10.1 Å². The predicted octanol–water partition coefficient (Wildman–Crippen LogP) is 2.51. The Labute approximate surface area is 91.6 Å². The van der Waals surface area contributed by atoms with E-state index in [1.165, 1.54) is 5.56 Å². The minimum atomic E-state index is 0.413. The number of ether oxygens (including phenoxy) is 1. The van der Waals surface area contributed by atoms with Crippen LogP contribution in [-0.4, -0.2) is 18.7 Å². The van der Waals surface area contributed by atoms with Crippen LogP contribution < -0.4 is 10.1 Å². The highest BCUT2D eigenvalue weighted by molar-refractivity contribution is 5.27. The Morgan fingerprint density at radius 1 is 1.40 bits per heavy atom. The monoisotopic (exact) mass is 205 g/mol. The molecule has 1 aliphatic carbocycles. The third-order valence-corrected chi connectivity index (χ3v) is 2.88. The van der Waals surface area contributed by atoms with Crippen molar-refractivity contribution in [2.45, 2.75) is 38.8 Å². The Balaban J connectivity index is 1.80. The smallest absolute Gasteiger partial charge is 0.119 e. The number of hydrogen-bond acceptors (Lipinski definition) is 2. The van der Waals surface area contributed by atoms with E-state index in [4.69, 9.17) is 4.74 Å². The van der Waals surface area contributed by atoms with Gasteiger partial charge in [0.25, 0.3) is 0 Å². The molecule has 0 saturated heterocycles. The second kappa shape index (κ2) is 4.67. The van der Waals surface area contributed by atoms with E-state index >= 15 is 0 Å². The fourth-order valence-corrected chi connectivity index (χ4v) is 2.00. The Morgan fingerprint density at radius 3 is 2.87 bits per heavy atom. The molecule has 0 amide bonds. The van der Waals surface area contributed by atoms with Gasteiger partial charge in [-0.05, 0) is 44.0 Å². The number of nitrogens with one attached hydrogen (secondary N) is 1.